The van der Waals surface area contributed by atoms with Gasteiger partial charge in [0.2, 0.25) is 5.91 Å². The zero-order chi connectivity index (χ0) is 20.2. The first-order valence-electron chi connectivity index (χ1n) is 7.11. The summed E-state index contributed by atoms with van der Waals surface area (Å²) >= 11 is 0.808. The molecule has 1 fully saturated rings. The van der Waals surface area contributed by atoms with Crippen LogP contribution in [0.4, 0.5) is 13.2 Å². The van der Waals surface area contributed by atoms with Gasteiger partial charge < -0.3 is 25.2 Å². The fourth-order valence-electron chi connectivity index (χ4n) is 1.93. The van der Waals surface area contributed by atoms with E-state index in [0.717, 1.165) is 36.2 Å². The second-order valence-corrected chi connectivity index (χ2v) is 6.25. The monoisotopic (exact) mass is 405 g/mol. The summed E-state index contributed by atoms with van der Waals surface area (Å²) in [5, 5.41) is 35.4. The molecule has 0 aliphatic carbocycles. The van der Waals surface area contributed by atoms with Crippen LogP contribution in [0, 0.1) is 0 Å². The van der Waals surface area contributed by atoms with Crippen LogP contribution in [-0.2, 0) is 9.59 Å². The highest BCUT2D eigenvalue weighted by Gasteiger charge is 2.33. The molecule has 0 spiro atoms. The second kappa shape index (κ2) is 8.41. The van der Waals surface area contributed by atoms with Gasteiger partial charge in [0.25, 0.3) is 0 Å². The Hall–Kier alpha value is -2.58. The lowest BCUT2D eigenvalue weighted by molar-refractivity contribution is -0.274. The van der Waals surface area contributed by atoms with Crippen molar-refractivity contribution in [3.63, 3.8) is 0 Å². The highest BCUT2D eigenvalue weighted by atomic mass is 32.2. The van der Waals surface area contributed by atoms with Gasteiger partial charge in [-0.3, -0.25) is 9.59 Å². The van der Waals surface area contributed by atoms with Gasteiger partial charge in [0.05, 0.1) is 12.6 Å². The molecule has 1 atom stereocenters. The van der Waals surface area contributed by atoms with Crippen molar-refractivity contribution < 1.29 is 42.7 Å². The van der Waals surface area contributed by atoms with Gasteiger partial charge in [-0.25, -0.2) is 0 Å². The Morgan fingerprint density at radius 1 is 1.41 bits per heavy atom. The lowest BCUT2D eigenvalue weighted by Crippen LogP contribution is -2.30. The van der Waals surface area contributed by atoms with Crippen LogP contribution in [0.5, 0.6) is 5.75 Å². The number of carbonyl (C=O) groups is 2. The fourth-order valence-corrected chi connectivity index (χ4v) is 2.85. The maximum absolute atomic E-state index is 12.4. The van der Waals surface area contributed by atoms with Crippen LogP contribution < -0.4 is 15.5 Å². The molecular formula is C13H11BF3N3O6S. The molecule has 0 bridgehead atoms. The molecule has 9 nitrogen and oxygen atoms in total. The average Bonchev–Trinajstić information content (AvgIpc) is 2.86. The van der Waals surface area contributed by atoms with Crippen LogP contribution in [0.25, 0.3) is 0 Å². The van der Waals surface area contributed by atoms with Crippen LogP contribution in [0.15, 0.2) is 28.4 Å². The first-order chi connectivity index (χ1) is 12.5. The average molecular weight is 405 g/mol. The molecule has 0 radical (unpaired) electrons. The summed E-state index contributed by atoms with van der Waals surface area (Å²) in [6, 6.07) is 2.91. The predicted molar refractivity (Wildman–Crippen MR) is 89.8 cm³/mol. The molecule has 1 unspecified atom stereocenters. The summed E-state index contributed by atoms with van der Waals surface area (Å²) < 4.78 is 41.2. The normalized spacial score (nSPS) is 18.8. The van der Waals surface area contributed by atoms with Crippen LogP contribution in [0.1, 0.15) is 12.0 Å². The first kappa shape index (κ1) is 20.7. The van der Waals surface area contributed by atoms with Crippen molar-refractivity contribution in [2.45, 2.75) is 18.0 Å². The molecule has 1 amide bonds. The molecule has 1 heterocycles. The third-order valence-electron chi connectivity index (χ3n) is 3.04. The Morgan fingerprint density at radius 3 is 2.70 bits per heavy atom. The number of alkyl halides is 3. The number of nitrogens with one attached hydrogen (secondary N) is 1. The molecule has 1 aliphatic heterocycles. The number of thioether (sulfide) groups is 1. The maximum Gasteiger partial charge on any atom is 0.573 e. The molecular weight excluding hydrogens is 394 g/mol. The number of ether oxygens (including phenoxy) is 1. The van der Waals surface area contributed by atoms with Crippen molar-refractivity contribution in [2.24, 2.45) is 10.2 Å². The first-order valence-corrected chi connectivity index (χ1v) is 7.99. The molecule has 1 saturated heterocycles. The minimum atomic E-state index is -4.98. The predicted octanol–water partition coefficient (Wildman–Crippen LogP) is -0.339. The number of aliphatic carboxylic acids is 1. The van der Waals surface area contributed by atoms with E-state index in [0.29, 0.717) is 0 Å². The highest BCUT2D eigenvalue weighted by Crippen LogP contribution is 2.25. The third-order valence-corrected chi connectivity index (χ3v) is 4.11. The summed E-state index contributed by atoms with van der Waals surface area (Å²) in [5.41, 5.74) is -0.359. The molecule has 1 aromatic carbocycles. The topological polar surface area (TPSA) is 141 Å². The Kier molecular flexibility index (Phi) is 6.46. The summed E-state index contributed by atoms with van der Waals surface area (Å²) in [6.45, 7) is 0. The van der Waals surface area contributed by atoms with Crippen LogP contribution in [0.2, 0.25) is 0 Å². The lowest BCUT2D eigenvalue weighted by Gasteiger charge is -2.12. The second-order valence-electron chi connectivity index (χ2n) is 5.06. The maximum atomic E-state index is 12.4. The number of amidine groups is 1. The van der Waals surface area contributed by atoms with Gasteiger partial charge >= 0.3 is 19.5 Å². The van der Waals surface area contributed by atoms with E-state index in [2.05, 4.69) is 20.3 Å². The standard InChI is InChI=1S/C13H11BF3N3O6S/c15-13(16,17)26-8-2-1-7(14(24)25)3-6(8)5-18-20-12-19-11(23)9(27-12)4-10(21)22/h1-3,5,9,24-25H,4H2,(H,21,22)(H,19,20,23). The Labute approximate surface area is 154 Å². The molecule has 1 aromatic rings. The molecule has 2 rings (SSSR count). The zero-order valence-corrected chi connectivity index (χ0v) is 14.0. The number of carboxylic acid groups (broad SMARTS) is 1. The van der Waals surface area contributed by atoms with Gasteiger partial charge in [-0.05, 0) is 17.6 Å². The quantitative estimate of drug-likeness (QED) is 0.288. The number of hydrogen-bond donors (Lipinski definition) is 4. The number of benzene rings is 1. The van der Waals surface area contributed by atoms with Crippen molar-refractivity contribution in [2.75, 3.05) is 0 Å². The zero-order valence-electron chi connectivity index (χ0n) is 13.2. The van der Waals surface area contributed by atoms with Crippen molar-refractivity contribution in [1.82, 2.24) is 5.32 Å². The van der Waals surface area contributed by atoms with Crippen molar-refractivity contribution in [1.29, 1.82) is 0 Å². The van der Waals surface area contributed by atoms with E-state index in [1.54, 1.807) is 0 Å². The molecule has 0 saturated carbocycles. The van der Waals surface area contributed by atoms with Crippen molar-refractivity contribution >= 4 is 47.6 Å². The summed E-state index contributed by atoms with van der Waals surface area (Å²) in [6.07, 6.45) is -4.55. The summed E-state index contributed by atoms with van der Waals surface area (Å²) in [4.78, 5) is 22.2. The van der Waals surface area contributed by atoms with Crippen LogP contribution >= 0.6 is 11.8 Å². The Bertz CT molecular complexity index is 802. The Balaban J connectivity index is 2.20. The number of halogens is 3. The van der Waals surface area contributed by atoms with E-state index in [-0.39, 0.29) is 16.2 Å². The lowest BCUT2D eigenvalue weighted by atomic mass is 9.79. The smallest absolute Gasteiger partial charge is 0.481 e. The van der Waals surface area contributed by atoms with Crippen LogP contribution in [0.3, 0.4) is 0 Å². The number of hydrogen-bond acceptors (Lipinski definition) is 8. The molecule has 144 valence electrons. The summed E-state index contributed by atoms with van der Waals surface area (Å²) in [7, 11) is -1.93. The minimum absolute atomic E-state index is 0.0286. The molecule has 14 heteroatoms. The van der Waals surface area contributed by atoms with Gasteiger partial charge in [0.15, 0.2) is 5.17 Å². The van der Waals surface area contributed by atoms with Crippen molar-refractivity contribution in [3.05, 3.63) is 23.8 Å². The van der Waals surface area contributed by atoms with E-state index in [1.165, 1.54) is 0 Å². The molecule has 1 aliphatic rings. The largest absolute Gasteiger partial charge is 0.573 e. The Morgan fingerprint density at radius 2 is 2.11 bits per heavy atom. The van der Waals surface area contributed by atoms with Gasteiger partial charge in [0, 0.05) is 5.56 Å². The fraction of sp³-hybridized carbons (Fsp3) is 0.231. The van der Waals surface area contributed by atoms with Gasteiger partial charge in [-0.2, -0.15) is 5.10 Å². The number of nitrogens with zero attached hydrogens (tertiary/aromatic N) is 2. The van der Waals surface area contributed by atoms with Crippen molar-refractivity contribution in [3.8, 4) is 5.75 Å². The van der Waals surface area contributed by atoms with E-state index >= 15 is 0 Å². The van der Waals surface area contributed by atoms with Crippen LogP contribution in [-0.4, -0.2) is 57.1 Å². The van der Waals surface area contributed by atoms with Gasteiger partial charge in [0.1, 0.15) is 11.0 Å². The van der Waals surface area contributed by atoms with E-state index in [4.69, 9.17) is 15.2 Å². The van der Waals surface area contributed by atoms with E-state index < -0.39 is 42.8 Å². The minimum Gasteiger partial charge on any atom is -0.481 e. The molecule has 4 N–H and O–H groups in total. The van der Waals surface area contributed by atoms with E-state index in [1.807, 2.05) is 0 Å². The number of carbonyl (C=O) groups excluding carboxylic acids is 1. The van der Waals surface area contributed by atoms with E-state index in [9.17, 15) is 22.8 Å². The van der Waals surface area contributed by atoms with Gasteiger partial charge in [-0.1, -0.05) is 17.8 Å². The van der Waals surface area contributed by atoms with Gasteiger partial charge in [-0.15, -0.1) is 18.3 Å². The molecule has 0 aromatic heterocycles. The number of amides is 1. The highest BCUT2D eigenvalue weighted by molar-refractivity contribution is 8.15. The summed E-state index contributed by atoms with van der Waals surface area (Å²) in [5.74, 6) is -2.41. The number of carboxylic acids is 1. The SMILES string of the molecule is O=C(O)CC1SC(=NN=Cc2cc(B(O)O)ccc2OC(F)(F)F)NC1=O. The molecule has 27 heavy (non-hydrogen) atoms. The third kappa shape index (κ3) is 6.27. The number of rotatable bonds is 6.